The van der Waals surface area contributed by atoms with Crippen LogP contribution in [0.1, 0.15) is 54.4 Å². The van der Waals surface area contributed by atoms with Gasteiger partial charge in [0.1, 0.15) is 12.4 Å². The number of rotatable bonds is 3. The van der Waals surface area contributed by atoms with Crippen LogP contribution in [0.5, 0.6) is 0 Å². The van der Waals surface area contributed by atoms with Crippen molar-refractivity contribution in [3.63, 3.8) is 0 Å². The number of carbonyl (C=O) groups is 2. The molecule has 0 fully saturated rings. The normalized spacial score (nSPS) is 15.9. The minimum absolute atomic E-state index is 0.0142. The van der Waals surface area contributed by atoms with Crippen LogP contribution < -0.4 is 4.90 Å². The van der Waals surface area contributed by atoms with Crippen molar-refractivity contribution in [3.05, 3.63) is 65.5 Å². The summed E-state index contributed by atoms with van der Waals surface area (Å²) in [6.45, 7) is 1.59. The zero-order valence-corrected chi connectivity index (χ0v) is 18.2. The lowest BCUT2D eigenvalue weighted by Crippen LogP contribution is -2.37. The van der Waals surface area contributed by atoms with Crippen molar-refractivity contribution in [3.8, 4) is 0 Å². The summed E-state index contributed by atoms with van der Waals surface area (Å²) in [5, 5.41) is 0. The van der Waals surface area contributed by atoms with Gasteiger partial charge in [-0.1, -0.05) is 49.9 Å². The van der Waals surface area contributed by atoms with Crippen LogP contribution in [0.3, 0.4) is 0 Å². The molecule has 0 bridgehead atoms. The highest BCUT2D eigenvalue weighted by Crippen LogP contribution is 2.25. The third-order valence-corrected chi connectivity index (χ3v) is 5.63. The Morgan fingerprint density at radius 1 is 0.935 bits per heavy atom. The van der Waals surface area contributed by atoms with Crippen molar-refractivity contribution in [2.75, 3.05) is 31.7 Å². The van der Waals surface area contributed by atoms with Crippen molar-refractivity contribution >= 4 is 17.5 Å². The van der Waals surface area contributed by atoms with Crippen LogP contribution in [-0.2, 0) is 16.1 Å². The highest BCUT2D eigenvalue weighted by Gasteiger charge is 2.22. The monoisotopic (exact) mass is 426 g/mol. The number of para-hydroxylation sites is 1. The molecule has 0 N–H and O–H groups in total. The molecule has 0 radical (unpaired) electrons. The fraction of sp³-hybridized carbons (Fsp3) is 0.440. The number of ether oxygens (including phenoxy) is 1. The first-order valence-electron chi connectivity index (χ1n) is 11.0. The fourth-order valence-corrected chi connectivity index (χ4v) is 4.03. The number of carbonyl (C=O) groups excluding carboxylic acids is 2. The first-order chi connectivity index (χ1) is 15.1. The Bertz CT molecular complexity index is 887. The minimum Gasteiger partial charge on any atom is -0.375 e. The van der Waals surface area contributed by atoms with Gasteiger partial charge in [0, 0.05) is 38.0 Å². The second-order valence-electron chi connectivity index (χ2n) is 7.97. The summed E-state index contributed by atoms with van der Waals surface area (Å²) in [4.78, 5) is 29.6. The summed E-state index contributed by atoms with van der Waals surface area (Å²) in [5.74, 6) is -0.708. The highest BCUT2D eigenvalue weighted by molar-refractivity contribution is 5.96. The summed E-state index contributed by atoms with van der Waals surface area (Å²) in [7, 11) is 1.52. The van der Waals surface area contributed by atoms with Crippen LogP contribution >= 0.6 is 0 Å². The maximum atomic E-state index is 13.7. The van der Waals surface area contributed by atoms with E-state index in [0.717, 1.165) is 49.8 Å². The summed E-state index contributed by atoms with van der Waals surface area (Å²) in [6.07, 6.45) is 6.13. The van der Waals surface area contributed by atoms with Crippen LogP contribution in [0, 0.1) is 5.82 Å². The molecule has 166 valence electrons. The Hall–Kier alpha value is -2.73. The fourth-order valence-electron chi connectivity index (χ4n) is 4.03. The third-order valence-electron chi connectivity index (χ3n) is 5.63. The summed E-state index contributed by atoms with van der Waals surface area (Å²) in [5.41, 5.74) is 2.05. The molecular formula is C25H31FN2O3. The number of hydrogen-bond donors (Lipinski definition) is 0. The Kier molecular flexibility index (Phi) is 8.59. The van der Waals surface area contributed by atoms with E-state index in [-0.39, 0.29) is 18.4 Å². The van der Waals surface area contributed by atoms with E-state index in [4.69, 9.17) is 4.74 Å². The quantitative estimate of drug-likeness (QED) is 0.708. The number of anilines is 1. The number of amides is 2. The molecule has 0 spiro atoms. The van der Waals surface area contributed by atoms with Crippen LogP contribution in [0.25, 0.3) is 0 Å². The van der Waals surface area contributed by atoms with E-state index in [1.165, 1.54) is 19.2 Å². The van der Waals surface area contributed by atoms with Gasteiger partial charge in [-0.05, 0) is 42.7 Å². The Morgan fingerprint density at radius 2 is 1.65 bits per heavy atom. The molecular weight excluding hydrogens is 395 g/mol. The van der Waals surface area contributed by atoms with E-state index >= 15 is 0 Å². The third kappa shape index (κ3) is 6.37. The number of methoxy groups -OCH3 is 1. The van der Waals surface area contributed by atoms with Gasteiger partial charge in [-0.15, -0.1) is 0 Å². The summed E-state index contributed by atoms with van der Waals surface area (Å²) in [6, 6.07) is 13.5. The summed E-state index contributed by atoms with van der Waals surface area (Å²) < 4.78 is 18.8. The average molecular weight is 427 g/mol. The Balaban J connectivity index is 1.94. The van der Waals surface area contributed by atoms with Gasteiger partial charge < -0.3 is 14.5 Å². The van der Waals surface area contributed by atoms with Gasteiger partial charge in [-0.3, -0.25) is 9.59 Å². The number of halogens is 1. The van der Waals surface area contributed by atoms with Crippen LogP contribution in [0.15, 0.2) is 48.5 Å². The minimum atomic E-state index is -0.423. The number of fused-ring (bicyclic) bond motifs is 1. The average Bonchev–Trinajstić information content (AvgIpc) is 2.79. The molecule has 1 heterocycles. The highest BCUT2D eigenvalue weighted by atomic mass is 19.1. The zero-order chi connectivity index (χ0) is 22.1. The lowest BCUT2D eigenvalue weighted by atomic mass is 10.1. The van der Waals surface area contributed by atoms with Crippen molar-refractivity contribution in [2.24, 2.45) is 0 Å². The molecule has 0 aromatic heterocycles. The van der Waals surface area contributed by atoms with Crippen molar-refractivity contribution in [1.82, 2.24) is 4.90 Å². The smallest absolute Gasteiger partial charge is 0.254 e. The molecule has 2 aromatic rings. The standard InChI is InChI=1S/C25H31FN2O3/c1-31-19-24(29)28-16-9-5-3-2-4-8-15-27(18-21-11-6-7-14-23(21)28)25(30)20-12-10-13-22(26)17-20/h6-7,10-14,17H,2-5,8-9,15-16,18-19H2,1H3. The summed E-state index contributed by atoms with van der Waals surface area (Å²) >= 11 is 0. The molecule has 31 heavy (non-hydrogen) atoms. The molecule has 2 aromatic carbocycles. The molecule has 2 amide bonds. The molecule has 0 saturated heterocycles. The van der Waals surface area contributed by atoms with Crippen LogP contribution in [-0.4, -0.2) is 43.5 Å². The van der Waals surface area contributed by atoms with Gasteiger partial charge in [0.25, 0.3) is 11.8 Å². The molecule has 5 nitrogen and oxygen atoms in total. The van der Waals surface area contributed by atoms with E-state index in [2.05, 4.69) is 0 Å². The second kappa shape index (κ2) is 11.6. The Labute approximate surface area is 183 Å². The van der Waals surface area contributed by atoms with Crippen LogP contribution in [0.2, 0.25) is 0 Å². The van der Waals surface area contributed by atoms with E-state index < -0.39 is 5.82 Å². The molecule has 0 aliphatic carbocycles. The molecule has 1 aliphatic rings. The molecule has 6 heteroatoms. The molecule has 1 aliphatic heterocycles. The Morgan fingerprint density at radius 3 is 2.39 bits per heavy atom. The maximum absolute atomic E-state index is 13.7. The van der Waals surface area contributed by atoms with Crippen molar-refractivity contribution < 1.29 is 18.7 Å². The SMILES string of the molecule is COCC(=O)N1CCCCCCCCN(C(=O)c2cccc(F)c2)Cc2ccccc21. The predicted molar refractivity (Wildman–Crippen MR) is 120 cm³/mol. The second-order valence-corrected chi connectivity index (χ2v) is 7.97. The van der Waals surface area contributed by atoms with Crippen molar-refractivity contribution in [1.29, 1.82) is 0 Å². The van der Waals surface area contributed by atoms with Gasteiger partial charge in [-0.2, -0.15) is 0 Å². The molecule has 0 unspecified atom stereocenters. The van der Waals surface area contributed by atoms with Gasteiger partial charge in [-0.25, -0.2) is 4.39 Å². The van der Waals surface area contributed by atoms with Gasteiger partial charge in [0.2, 0.25) is 0 Å². The maximum Gasteiger partial charge on any atom is 0.254 e. The predicted octanol–water partition coefficient (Wildman–Crippen LogP) is 4.80. The lowest BCUT2D eigenvalue weighted by molar-refractivity contribution is -0.122. The van der Waals surface area contributed by atoms with Gasteiger partial charge in [0.15, 0.2) is 0 Å². The van der Waals surface area contributed by atoms with Crippen molar-refractivity contribution in [2.45, 2.75) is 45.1 Å². The molecule has 0 atom stereocenters. The number of hydrogen-bond acceptors (Lipinski definition) is 3. The lowest BCUT2D eigenvalue weighted by Gasteiger charge is -2.28. The topological polar surface area (TPSA) is 49.9 Å². The number of benzene rings is 2. The number of nitrogens with zero attached hydrogens (tertiary/aromatic N) is 2. The van der Waals surface area contributed by atoms with E-state index in [1.54, 1.807) is 21.9 Å². The first kappa shape index (κ1) is 22.9. The molecule has 3 rings (SSSR count). The van der Waals surface area contributed by atoms with Gasteiger partial charge in [0.05, 0.1) is 0 Å². The zero-order valence-electron chi connectivity index (χ0n) is 18.2. The van der Waals surface area contributed by atoms with Crippen LogP contribution in [0.4, 0.5) is 10.1 Å². The first-order valence-corrected chi connectivity index (χ1v) is 11.0. The largest absolute Gasteiger partial charge is 0.375 e. The van der Waals surface area contributed by atoms with E-state index in [1.807, 2.05) is 24.3 Å². The van der Waals surface area contributed by atoms with Gasteiger partial charge >= 0.3 is 0 Å². The van der Waals surface area contributed by atoms with E-state index in [9.17, 15) is 14.0 Å². The van der Waals surface area contributed by atoms with E-state index in [0.29, 0.717) is 25.2 Å². The molecule has 0 saturated carbocycles.